The second-order valence-electron chi connectivity index (χ2n) is 4.13. The summed E-state index contributed by atoms with van der Waals surface area (Å²) in [6.07, 6.45) is 4.88. The Balaban J connectivity index is 2.11. The molecule has 1 aliphatic carbocycles. The lowest BCUT2D eigenvalue weighted by Crippen LogP contribution is -2.38. The molecule has 0 spiro atoms. The minimum Gasteiger partial charge on any atom is -0.335 e. The monoisotopic (exact) mass is 301 g/mol. The van der Waals surface area contributed by atoms with E-state index in [1.54, 1.807) is 0 Å². The van der Waals surface area contributed by atoms with E-state index in [-0.39, 0.29) is 5.91 Å². The molecule has 1 fully saturated rings. The third kappa shape index (κ3) is 2.48. The molecule has 0 N–H and O–H groups in total. The zero-order valence-electron chi connectivity index (χ0n) is 9.41. The molecule has 1 aromatic heterocycles. The van der Waals surface area contributed by atoms with Crippen LogP contribution in [0.4, 0.5) is 0 Å². The van der Waals surface area contributed by atoms with Gasteiger partial charge in [-0.1, -0.05) is 12.8 Å². The van der Waals surface area contributed by atoms with Gasteiger partial charge >= 0.3 is 0 Å². The zero-order valence-corrected chi connectivity index (χ0v) is 11.8. The summed E-state index contributed by atoms with van der Waals surface area (Å²) in [4.78, 5) is 15.2. The molecule has 0 unspecified atom stereocenters. The topological polar surface area (TPSA) is 20.3 Å². The van der Waals surface area contributed by atoms with Crippen molar-refractivity contribution in [2.24, 2.45) is 0 Å². The van der Waals surface area contributed by atoms with Crippen molar-refractivity contribution in [3.8, 4) is 0 Å². The highest BCUT2D eigenvalue weighted by atomic mass is 79.9. The van der Waals surface area contributed by atoms with Crippen LogP contribution >= 0.6 is 27.3 Å². The first-order chi connectivity index (χ1) is 7.72. The fourth-order valence-corrected chi connectivity index (χ4v) is 3.70. The molecule has 1 aliphatic rings. The molecule has 1 saturated carbocycles. The predicted molar refractivity (Wildman–Crippen MR) is 71.0 cm³/mol. The van der Waals surface area contributed by atoms with Gasteiger partial charge in [-0.2, -0.15) is 0 Å². The Kier molecular flexibility index (Phi) is 4.03. The maximum absolute atomic E-state index is 12.3. The number of carbonyl (C=O) groups is 1. The van der Waals surface area contributed by atoms with Gasteiger partial charge in [0.2, 0.25) is 0 Å². The SMILES string of the molecule is CCN(C(=O)c1ccc(Br)s1)C1CCCC1. The fraction of sp³-hybridized carbons (Fsp3) is 0.583. The predicted octanol–water partition coefficient (Wildman–Crippen LogP) is 3.92. The summed E-state index contributed by atoms with van der Waals surface area (Å²) in [5, 5.41) is 0. The summed E-state index contributed by atoms with van der Waals surface area (Å²) in [7, 11) is 0. The third-order valence-electron chi connectivity index (χ3n) is 3.15. The van der Waals surface area contributed by atoms with E-state index >= 15 is 0 Å². The van der Waals surface area contributed by atoms with Crippen LogP contribution in [0.1, 0.15) is 42.3 Å². The first-order valence-corrected chi connectivity index (χ1v) is 7.39. The van der Waals surface area contributed by atoms with Crippen molar-refractivity contribution in [2.75, 3.05) is 6.54 Å². The van der Waals surface area contributed by atoms with Crippen LogP contribution < -0.4 is 0 Å². The second kappa shape index (κ2) is 5.32. The number of nitrogens with zero attached hydrogens (tertiary/aromatic N) is 1. The van der Waals surface area contributed by atoms with Crippen molar-refractivity contribution < 1.29 is 4.79 Å². The molecule has 0 saturated heterocycles. The van der Waals surface area contributed by atoms with Crippen LogP contribution in [0.3, 0.4) is 0 Å². The first-order valence-electron chi connectivity index (χ1n) is 5.78. The minimum atomic E-state index is 0.199. The molecular weight excluding hydrogens is 286 g/mol. The van der Waals surface area contributed by atoms with Gasteiger partial charge in [-0.05, 0) is 47.8 Å². The smallest absolute Gasteiger partial charge is 0.264 e. The van der Waals surface area contributed by atoms with Crippen LogP contribution in [-0.2, 0) is 0 Å². The highest BCUT2D eigenvalue weighted by molar-refractivity contribution is 9.11. The molecule has 4 heteroatoms. The van der Waals surface area contributed by atoms with E-state index in [1.165, 1.54) is 37.0 Å². The quantitative estimate of drug-likeness (QED) is 0.829. The van der Waals surface area contributed by atoms with Crippen LogP contribution in [0.5, 0.6) is 0 Å². The molecule has 0 radical (unpaired) electrons. The lowest BCUT2D eigenvalue weighted by Gasteiger charge is -2.27. The summed E-state index contributed by atoms with van der Waals surface area (Å²) in [6, 6.07) is 4.33. The Morgan fingerprint density at radius 1 is 1.50 bits per heavy atom. The lowest BCUT2D eigenvalue weighted by atomic mass is 10.2. The minimum absolute atomic E-state index is 0.199. The van der Waals surface area contributed by atoms with Gasteiger partial charge in [-0.15, -0.1) is 11.3 Å². The van der Waals surface area contributed by atoms with Crippen LogP contribution in [0.2, 0.25) is 0 Å². The summed E-state index contributed by atoms with van der Waals surface area (Å²) in [5.74, 6) is 0.199. The van der Waals surface area contributed by atoms with Crippen molar-refractivity contribution in [3.63, 3.8) is 0 Å². The molecule has 0 aliphatic heterocycles. The van der Waals surface area contributed by atoms with Crippen molar-refractivity contribution in [3.05, 3.63) is 20.8 Å². The summed E-state index contributed by atoms with van der Waals surface area (Å²) in [5.41, 5.74) is 0. The van der Waals surface area contributed by atoms with Crippen LogP contribution in [0.25, 0.3) is 0 Å². The number of halogens is 1. The highest BCUT2D eigenvalue weighted by Crippen LogP contribution is 2.28. The number of carbonyl (C=O) groups excluding carboxylic acids is 1. The number of hydrogen-bond donors (Lipinski definition) is 0. The molecule has 88 valence electrons. The lowest BCUT2D eigenvalue weighted by molar-refractivity contribution is 0.0698. The van der Waals surface area contributed by atoms with E-state index in [0.717, 1.165) is 15.2 Å². The Labute approximate surface area is 109 Å². The molecule has 1 heterocycles. The summed E-state index contributed by atoms with van der Waals surface area (Å²) in [6.45, 7) is 2.89. The molecule has 2 nitrogen and oxygen atoms in total. The molecule has 1 aromatic rings. The second-order valence-corrected chi connectivity index (χ2v) is 6.60. The van der Waals surface area contributed by atoms with Gasteiger partial charge in [0.25, 0.3) is 5.91 Å². The zero-order chi connectivity index (χ0) is 11.5. The molecule has 0 aromatic carbocycles. The molecule has 1 amide bonds. The van der Waals surface area contributed by atoms with Crippen molar-refractivity contribution >= 4 is 33.2 Å². The van der Waals surface area contributed by atoms with E-state index in [1.807, 2.05) is 17.0 Å². The standard InChI is InChI=1S/C12H16BrNOS/c1-2-14(9-5-3-4-6-9)12(15)10-7-8-11(13)16-10/h7-9H,2-6H2,1H3. The summed E-state index contributed by atoms with van der Waals surface area (Å²) >= 11 is 4.93. The molecule has 16 heavy (non-hydrogen) atoms. The van der Waals surface area contributed by atoms with E-state index in [0.29, 0.717) is 6.04 Å². The van der Waals surface area contributed by atoms with Crippen molar-refractivity contribution in [2.45, 2.75) is 38.6 Å². The largest absolute Gasteiger partial charge is 0.335 e. The fourth-order valence-electron chi connectivity index (χ4n) is 2.35. The average Bonchev–Trinajstić information content (AvgIpc) is 2.90. The molecular formula is C12H16BrNOS. The van der Waals surface area contributed by atoms with Gasteiger partial charge < -0.3 is 4.90 Å². The van der Waals surface area contributed by atoms with Gasteiger partial charge in [0.05, 0.1) is 8.66 Å². The van der Waals surface area contributed by atoms with Gasteiger partial charge in [-0.3, -0.25) is 4.79 Å². The van der Waals surface area contributed by atoms with E-state index in [9.17, 15) is 4.79 Å². The maximum Gasteiger partial charge on any atom is 0.264 e. The molecule has 0 atom stereocenters. The highest BCUT2D eigenvalue weighted by Gasteiger charge is 2.26. The normalized spacial score (nSPS) is 16.6. The maximum atomic E-state index is 12.3. The van der Waals surface area contributed by atoms with Gasteiger partial charge in [0.15, 0.2) is 0 Å². The van der Waals surface area contributed by atoms with Gasteiger partial charge in [0, 0.05) is 12.6 Å². The van der Waals surface area contributed by atoms with Crippen LogP contribution in [0, 0.1) is 0 Å². The number of thiophene rings is 1. The third-order valence-corrected chi connectivity index (χ3v) is 4.76. The molecule has 0 bridgehead atoms. The van der Waals surface area contributed by atoms with E-state index in [4.69, 9.17) is 0 Å². The van der Waals surface area contributed by atoms with Crippen molar-refractivity contribution in [1.29, 1.82) is 0 Å². The Morgan fingerprint density at radius 2 is 2.19 bits per heavy atom. The van der Waals surface area contributed by atoms with E-state index in [2.05, 4.69) is 22.9 Å². The number of hydrogen-bond acceptors (Lipinski definition) is 2. The Hall–Kier alpha value is -0.350. The number of amides is 1. The Morgan fingerprint density at radius 3 is 2.69 bits per heavy atom. The summed E-state index contributed by atoms with van der Waals surface area (Å²) < 4.78 is 1.03. The average molecular weight is 302 g/mol. The first kappa shape index (κ1) is 12.1. The van der Waals surface area contributed by atoms with Crippen LogP contribution in [0.15, 0.2) is 15.9 Å². The van der Waals surface area contributed by atoms with Crippen molar-refractivity contribution in [1.82, 2.24) is 4.90 Å². The number of rotatable bonds is 3. The van der Waals surface area contributed by atoms with Gasteiger partial charge in [0.1, 0.15) is 0 Å². The van der Waals surface area contributed by atoms with E-state index < -0.39 is 0 Å². The molecule has 2 rings (SSSR count). The Bertz CT molecular complexity index is 371. The van der Waals surface area contributed by atoms with Crippen LogP contribution in [-0.4, -0.2) is 23.4 Å². The van der Waals surface area contributed by atoms with Gasteiger partial charge in [-0.25, -0.2) is 0 Å².